The van der Waals surface area contributed by atoms with Gasteiger partial charge in [0.2, 0.25) is 5.91 Å². The molecule has 1 aliphatic carbocycles. The molecule has 0 radical (unpaired) electrons. The highest BCUT2D eigenvalue weighted by Gasteiger charge is 2.55. The predicted molar refractivity (Wildman–Crippen MR) is 77.3 cm³/mol. The molecule has 4 nitrogen and oxygen atoms in total. The average molecular weight is 335 g/mol. The monoisotopic (exact) mass is 335 g/mol. The summed E-state index contributed by atoms with van der Waals surface area (Å²) in [5, 5.41) is 0. The molecule has 1 aliphatic heterocycles. The molecule has 2 rings (SSSR count). The fraction of sp³-hybridized carbons (Fsp3) is 0.875. The highest BCUT2D eigenvalue weighted by Crippen LogP contribution is 2.42. The predicted octanol–water partition coefficient (Wildman–Crippen LogP) is 3.01. The quantitative estimate of drug-likeness (QED) is 0.745. The zero-order valence-electron chi connectivity index (χ0n) is 13.9. The molecular weight excluding hydrogens is 311 g/mol. The maximum atomic E-state index is 13.3. The molecule has 0 aromatic carbocycles. The van der Waals surface area contributed by atoms with E-state index in [-0.39, 0.29) is 24.3 Å². The first-order chi connectivity index (χ1) is 10.4. The van der Waals surface area contributed by atoms with Crippen molar-refractivity contribution in [2.45, 2.75) is 52.3 Å². The first-order valence-corrected chi connectivity index (χ1v) is 7.98. The number of nitrogens with zero attached hydrogens (tertiary/aromatic N) is 1. The van der Waals surface area contributed by atoms with Gasteiger partial charge in [-0.05, 0) is 39.5 Å². The van der Waals surface area contributed by atoms with Gasteiger partial charge in [0.1, 0.15) is 5.60 Å². The van der Waals surface area contributed by atoms with Crippen LogP contribution < -0.4 is 0 Å². The number of hydrogen-bond donors (Lipinski definition) is 0. The van der Waals surface area contributed by atoms with Gasteiger partial charge in [0.25, 0.3) is 0 Å². The number of carbonyl (C=O) groups is 2. The van der Waals surface area contributed by atoms with E-state index in [9.17, 15) is 22.8 Å². The minimum Gasteiger partial charge on any atom is -0.460 e. The van der Waals surface area contributed by atoms with Gasteiger partial charge in [-0.1, -0.05) is 6.92 Å². The second-order valence-corrected chi connectivity index (χ2v) is 7.66. The van der Waals surface area contributed by atoms with Crippen LogP contribution in [0.4, 0.5) is 13.2 Å². The summed E-state index contributed by atoms with van der Waals surface area (Å²) in [6.45, 7) is 5.92. The minimum absolute atomic E-state index is 0.213. The number of halogens is 3. The van der Waals surface area contributed by atoms with Crippen LogP contribution in [0.3, 0.4) is 0 Å². The van der Waals surface area contributed by atoms with Crippen molar-refractivity contribution in [3.63, 3.8) is 0 Å². The smallest absolute Gasteiger partial charge is 0.394 e. The maximum Gasteiger partial charge on any atom is 0.394 e. The lowest BCUT2D eigenvalue weighted by Crippen LogP contribution is -2.37. The number of ether oxygens (including phenoxy) is 1. The van der Waals surface area contributed by atoms with E-state index < -0.39 is 36.1 Å². The summed E-state index contributed by atoms with van der Waals surface area (Å²) in [5.41, 5.74) is -0.855. The van der Waals surface area contributed by atoms with Gasteiger partial charge in [-0.3, -0.25) is 9.59 Å². The van der Waals surface area contributed by atoms with Gasteiger partial charge in [-0.15, -0.1) is 0 Å². The number of alkyl halides is 3. The van der Waals surface area contributed by atoms with E-state index in [2.05, 4.69) is 0 Å². The first-order valence-electron chi connectivity index (χ1n) is 7.98. The van der Waals surface area contributed by atoms with Gasteiger partial charge in [0.15, 0.2) is 0 Å². The van der Waals surface area contributed by atoms with Crippen molar-refractivity contribution in [2.24, 2.45) is 23.7 Å². The molecule has 1 saturated carbocycles. The van der Waals surface area contributed by atoms with E-state index >= 15 is 0 Å². The Labute approximate surface area is 134 Å². The van der Waals surface area contributed by atoms with E-state index in [1.165, 1.54) is 4.90 Å². The van der Waals surface area contributed by atoms with Crippen molar-refractivity contribution < 1.29 is 27.5 Å². The summed E-state index contributed by atoms with van der Waals surface area (Å²) in [7, 11) is 0. The molecule has 1 amide bonds. The maximum absolute atomic E-state index is 13.3. The highest BCUT2D eigenvalue weighted by molar-refractivity contribution is 5.81. The molecule has 7 heteroatoms. The fourth-order valence-corrected chi connectivity index (χ4v) is 3.02. The Bertz CT molecular complexity index is 480. The second kappa shape index (κ2) is 5.98. The Hall–Kier alpha value is -1.27. The van der Waals surface area contributed by atoms with Crippen LogP contribution in [-0.2, 0) is 14.3 Å². The van der Waals surface area contributed by atoms with Crippen molar-refractivity contribution in [2.75, 3.05) is 13.1 Å². The number of carbonyl (C=O) groups excluding carboxylic acids is 2. The molecule has 132 valence electrons. The molecule has 0 bridgehead atoms. The van der Waals surface area contributed by atoms with Crippen LogP contribution in [0.1, 0.15) is 40.5 Å². The van der Waals surface area contributed by atoms with E-state index in [1.54, 1.807) is 27.7 Å². The van der Waals surface area contributed by atoms with Crippen LogP contribution in [0.15, 0.2) is 0 Å². The lowest BCUT2D eigenvalue weighted by Gasteiger charge is -2.25. The summed E-state index contributed by atoms with van der Waals surface area (Å²) >= 11 is 0. The number of amides is 1. The average Bonchev–Trinajstić information content (AvgIpc) is 3.11. The summed E-state index contributed by atoms with van der Waals surface area (Å²) in [4.78, 5) is 25.7. The van der Waals surface area contributed by atoms with Gasteiger partial charge < -0.3 is 9.64 Å². The normalized spacial score (nSPS) is 27.0. The number of rotatable bonds is 3. The van der Waals surface area contributed by atoms with Gasteiger partial charge in [-0.25, -0.2) is 0 Å². The molecule has 0 aromatic heterocycles. The topological polar surface area (TPSA) is 46.6 Å². The SMILES string of the molecule is C[C@H](C(=O)N1C[C@@H](C(F)(F)F)[C@H](C(=O)OC(C)(C)C)C1)C1CC1. The first kappa shape index (κ1) is 18.1. The van der Waals surface area contributed by atoms with E-state index in [0.717, 1.165) is 12.8 Å². The van der Waals surface area contributed by atoms with Crippen LogP contribution in [0, 0.1) is 23.7 Å². The molecule has 3 atom stereocenters. The third kappa shape index (κ3) is 4.38. The fourth-order valence-electron chi connectivity index (χ4n) is 3.02. The van der Waals surface area contributed by atoms with Crippen LogP contribution in [0.2, 0.25) is 0 Å². The molecule has 23 heavy (non-hydrogen) atoms. The second-order valence-electron chi connectivity index (χ2n) is 7.66. The van der Waals surface area contributed by atoms with Crippen LogP contribution in [-0.4, -0.2) is 41.6 Å². The summed E-state index contributed by atoms with van der Waals surface area (Å²) in [5.74, 6) is -4.37. The van der Waals surface area contributed by atoms with Crippen molar-refractivity contribution in [3.05, 3.63) is 0 Å². The van der Waals surface area contributed by atoms with E-state index in [0.29, 0.717) is 0 Å². The van der Waals surface area contributed by atoms with Crippen molar-refractivity contribution in [1.82, 2.24) is 4.90 Å². The Morgan fingerprint density at radius 3 is 2.13 bits per heavy atom. The molecule has 0 unspecified atom stereocenters. The standard InChI is InChI=1S/C16H24F3NO3/c1-9(10-5-6-10)13(21)20-7-11(12(8-20)16(17,18)19)14(22)23-15(2,3)4/h9-12H,5-8H2,1-4H3/t9-,11+,12+/m0/s1. The Morgan fingerprint density at radius 2 is 1.70 bits per heavy atom. The molecule has 2 fully saturated rings. The van der Waals surface area contributed by atoms with Crippen molar-refractivity contribution >= 4 is 11.9 Å². The summed E-state index contributed by atoms with van der Waals surface area (Å²) in [6.07, 6.45) is -2.64. The lowest BCUT2D eigenvalue weighted by atomic mass is 9.95. The van der Waals surface area contributed by atoms with E-state index in [4.69, 9.17) is 4.74 Å². The molecule has 1 saturated heterocycles. The number of hydrogen-bond acceptors (Lipinski definition) is 3. The highest BCUT2D eigenvalue weighted by atomic mass is 19.4. The van der Waals surface area contributed by atoms with Gasteiger partial charge >= 0.3 is 12.1 Å². The van der Waals surface area contributed by atoms with Gasteiger partial charge in [0.05, 0.1) is 11.8 Å². The lowest BCUT2D eigenvalue weighted by molar-refractivity contribution is -0.194. The van der Waals surface area contributed by atoms with E-state index in [1.807, 2.05) is 0 Å². The van der Waals surface area contributed by atoms with Gasteiger partial charge in [-0.2, -0.15) is 13.2 Å². The van der Waals surface area contributed by atoms with Crippen molar-refractivity contribution in [1.29, 1.82) is 0 Å². The van der Waals surface area contributed by atoms with Crippen LogP contribution in [0.5, 0.6) is 0 Å². The number of likely N-dealkylation sites (tertiary alicyclic amines) is 1. The third-order valence-electron chi connectivity index (χ3n) is 4.48. The van der Waals surface area contributed by atoms with Gasteiger partial charge in [0, 0.05) is 19.0 Å². The molecule has 0 N–H and O–H groups in total. The largest absolute Gasteiger partial charge is 0.460 e. The molecular formula is C16H24F3NO3. The molecule has 0 spiro atoms. The minimum atomic E-state index is -4.53. The Balaban J connectivity index is 2.12. The zero-order chi connectivity index (χ0) is 17.6. The third-order valence-corrected chi connectivity index (χ3v) is 4.48. The van der Waals surface area contributed by atoms with Crippen LogP contribution >= 0.6 is 0 Å². The molecule has 2 aliphatic rings. The molecule has 1 heterocycles. The molecule has 0 aromatic rings. The van der Waals surface area contributed by atoms with Crippen LogP contribution in [0.25, 0.3) is 0 Å². The Kier molecular flexibility index (Phi) is 4.70. The summed E-state index contributed by atoms with van der Waals surface area (Å²) < 4.78 is 44.9. The van der Waals surface area contributed by atoms with Crippen molar-refractivity contribution in [3.8, 4) is 0 Å². The zero-order valence-corrected chi connectivity index (χ0v) is 13.9. The Morgan fingerprint density at radius 1 is 1.13 bits per heavy atom. The summed E-state index contributed by atoms with van der Waals surface area (Å²) in [6, 6.07) is 0. The number of esters is 1.